The highest BCUT2D eigenvalue weighted by Gasteiger charge is 2.28. The smallest absolute Gasteiger partial charge is 0.272 e. The maximum Gasteiger partial charge on any atom is 0.272 e. The summed E-state index contributed by atoms with van der Waals surface area (Å²) >= 11 is 0. The minimum absolute atomic E-state index is 0.0452. The molecule has 0 aliphatic carbocycles. The molecular formula is C25H28N4O3. The zero-order chi connectivity index (χ0) is 22.7. The summed E-state index contributed by atoms with van der Waals surface area (Å²) in [7, 11) is 0. The molecule has 2 aromatic carbocycles. The Hall–Kier alpha value is -3.48. The number of likely N-dealkylation sites (tertiary alicyclic amines) is 1. The van der Waals surface area contributed by atoms with E-state index in [1.54, 1.807) is 34.6 Å². The topological polar surface area (TPSA) is 84.3 Å². The number of piperidine rings is 1. The van der Waals surface area contributed by atoms with Crippen molar-refractivity contribution in [2.75, 3.05) is 13.1 Å². The van der Waals surface area contributed by atoms with Crippen molar-refractivity contribution in [2.24, 2.45) is 5.92 Å². The standard InChI is InChI=1S/C25H28N4O3/c1-3-29-22-10-9-20(15-21(22)27-17(2)24(29)31)25(32)28-13-11-19(12-14-28)23(30)26-16-18-7-5-4-6-8-18/h4-10,15,19H,3,11-14,16H2,1-2H3,(H,26,30). The molecule has 2 heterocycles. The summed E-state index contributed by atoms with van der Waals surface area (Å²) in [6, 6.07) is 15.1. The van der Waals surface area contributed by atoms with Crippen molar-refractivity contribution in [1.82, 2.24) is 19.8 Å². The van der Waals surface area contributed by atoms with E-state index < -0.39 is 0 Å². The van der Waals surface area contributed by atoms with Gasteiger partial charge < -0.3 is 14.8 Å². The molecule has 4 rings (SSSR count). The molecule has 0 radical (unpaired) electrons. The summed E-state index contributed by atoms with van der Waals surface area (Å²) in [6.45, 7) is 5.76. The van der Waals surface area contributed by atoms with Gasteiger partial charge in [0.15, 0.2) is 0 Å². The van der Waals surface area contributed by atoms with E-state index in [1.807, 2.05) is 37.3 Å². The van der Waals surface area contributed by atoms with Crippen LogP contribution in [0, 0.1) is 12.8 Å². The van der Waals surface area contributed by atoms with Crippen molar-refractivity contribution < 1.29 is 9.59 Å². The van der Waals surface area contributed by atoms with Gasteiger partial charge in [0, 0.05) is 37.7 Å². The van der Waals surface area contributed by atoms with Gasteiger partial charge in [-0.05, 0) is 50.5 Å². The lowest BCUT2D eigenvalue weighted by atomic mass is 9.95. The molecule has 32 heavy (non-hydrogen) atoms. The van der Waals surface area contributed by atoms with Crippen LogP contribution in [0.1, 0.15) is 41.4 Å². The Bertz CT molecular complexity index is 1200. The molecule has 1 fully saturated rings. The number of benzene rings is 2. The monoisotopic (exact) mass is 432 g/mol. The Morgan fingerprint density at radius 1 is 1.09 bits per heavy atom. The first kappa shape index (κ1) is 21.7. The van der Waals surface area contributed by atoms with Crippen LogP contribution in [0.5, 0.6) is 0 Å². The Morgan fingerprint density at radius 3 is 2.50 bits per heavy atom. The number of hydrogen-bond donors (Lipinski definition) is 1. The molecule has 1 aromatic heterocycles. The maximum absolute atomic E-state index is 13.1. The van der Waals surface area contributed by atoms with E-state index in [9.17, 15) is 14.4 Å². The number of amides is 2. The summed E-state index contributed by atoms with van der Waals surface area (Å²) in [6.07, 6.45) is 1.29. The largest absolute Gasteiger partial charge is 0.352 e. The molecule has 1 saturated heterocycles. The van der Waals surface area contributed by atoms with Gasteiger partial charge in [0.25, 0.3) is 11.5 Å². The first-order chi connectivity index (χ1) is 15.5. The third kappa shape index (κ3) is 4.42. The fourth-order valence-corrected chi connectivity index (χ4v) is 4.28. The maximum atomic E-state index is 13.1. The van der Waals surface area contributed by atoms with E-state index in [-0.39, 0.29) is 23.3 Å². The molecule has 166 valence electrons. The van der Waals surface area contributed by atoms with Crippen LogP contribution in [-0.4, -0.2) is 39.4 Å². The molecule has 7 heteroatoms. The number of fused-ring (bicyclic) bond motifs is 1. The van der Waals surface area contributed by atoms with Crippen molar-refractivity contribution in [1.29, 1.82) is 0 Å². The van der Waals surface area contributed by atoms with Gasteiger partial charge in [-0.25, -0.2) is 4.98 Å². The predicted molar refractivity (Wildman–Crippen MR) is 123 cm³/mol. The third-order valence-electron chi connectivity index (χ3n) is 6.13. The molecule has 3 aromatic rings. The summed E-state index contributed by atoms with van der Waals surface area (Å²) in [5.41, 5.74) is 3.32. The van der Waals surface area contributed by atoms with Gasteiger partial charge in [0.1, 0.15) is 5.69 Å². The van der Waals surface area contributed by atoms with Gasteiger partial charge in [-0.3, -0.25) is 14.4 Å². The number of aromatic nitrogens is 2. The highest BCUT2D eigenvalue weighted by Crippen LogP contribution is 2.21. The van der Waals surface area contributed by atoms with E-state index >= 15 is 0 Å². The predicted octanol–water partition coefficient (Wildman–Crippen LogP) is 2.89. The van der Waals surface area contributed by atoms with Crippen LogP contribution < -0.4 is 10.9 Å². The number of carbonyl (C=O) groups is 2. The lowest BCUT2D eigenvalue weighted by Crippen LogP contribution is -2.43. The number of hydrogen-bond acceptors (Lipinski definition) is 4. The lowest BCUT2D eigenvalue weighted by molar-refractivity contribution is -0.126. The number of nitrogens with zero attached hydrogens (tertiary/aromatic N) is 3. The minimum Gasteiger partial charge on any atom is -0.352 e. The zero-order valence-electron chi connectivity index (χ0n) is 18.5. The Balaban J connectivity index is 1.40. The van der Waals surface area contributed by atoms with E-state index in [0.29, 0.717) is 55.8 Å². The quantitative estimate of drug-likeness (QED) is 0.672. The van der Waals surface area contributed by atoms with E-state index in [2.05, 4.69) is 10.3 Å². The van der Waals surface area contributed by atoms with Gasteiger partial charge in [-0.1, -0.05) is 30.3 Å². The van der Waals surface area contributed by atoms with Gasteiger partial charge in [-0.15, -0.1) is 0 Å². The van der Waals surface area contributed by atoms with Crippen molar-refractivity contribution in [3.63, 3.8) is 0 Å². The highest BCUT2D eigenvalue weighted by atomic mass is 16.2. The molecule has 1 aliphatic heterocycles. The summed E-state index contributed by atoms with van der Waals surface area (Å²) < 4.78 is 1.67. The average Bonchev–Trinajstić information content (AvgIpc) is 2.83. The third-order valence-corrected chi connectivity index (χ3v) is 6.13. The molecule has 0 unspecified atom stereocenters. The molecular weight excluding hydrogens is 404 g/mol. The van der Waals surface area contributed by atoms with Crippen LogP contribution in [-0.2, 0) is 17.9 Å². The van der Waals surface area contributed by atoms with Crippen molar-refractivity contribution in [2.45, 2.75) is 39.8 Å². The van der Waals surface area contributed by atoms with Crippen LogP contribution in [0.4, 0.5) is 0 Å². The molecule has 0 spiro atoms. The Morgan fingerprint density at radius 2 is 1.81 bits per heavy atom. The van der Waals surface area contributed by atoms with Gasteiger partial charge in [-0.2, -0.15) is 0 Å². The van der Waals surface area contributed by atoms with Crippen LogP contribution in [0.2, 0.25) is 0 Å². The number of aryl methyl sites for hydroxylation is 2. The second kappa shape index (κ2) is 9.34. The number of carbonyl (C=O) groups excluding carboxylic acids is 2. The van der Waals surface area contributed by atoms with Crippen LogP contribution >= 0.6 is 0 Å². The molecule has 0 bridgehead atoms. The van der Waals surface area contributed by atoms with E-state index in [0.717, 1.165) is 11.1 Å². The van der Waals surface area contributed by atoms with Crippen LogP contribution in [0.15, 0.2) is 53.3 Å². The zero-order valence-corrected chi connectivity index (χ0v) is 18.5. The first-order valence-corrected chi connectivity index (χ1v) is 11.1. The molecule has 1 N–H and O–H groups in total. The van der Waals surface area contributed by atoms with Crippen LogP contribution in [0.3, 0.4) is 0 Å². The molecule has 2 amide bonds. The van der Waals surface area contributed by atoms with Gasteiger partial charge >= 0.3 is 0 Å². The SMILES string of the molecule is CCn1c(=O)c(C)nc2cc(C(=O)N3CCC(C(=O)NCc4ccccc4)CC3)ccc21. The van der Waals surface area contributed by atoms with Crippen LogP contribution in [0.25, 0.3) is 11.0 Å². The Labute approximate surface area is 187 Å². The highest BCUT2D eigenvalue weighted by molar-refractivity contribution is 5.97. The average molecular weight is 433 g/mol. The van der Waals surface area contributed by atoms with E-state index in [1.165, 1.54) is 0 Å². The summed E-state index contributed by atoms with van der Waals surface area (Å²) in [4.78, 5) is 44.1. The molecule has 0 atom stereocenters. The van der Waals surface area contributed by atoms with Gasteiger partial charge in [0.05, 0.1) is 11.0 Å². The summed E-state index contributed by atoms with van der Waals surface area (Å²) in [5.74, 6) is -0.102. The first-order valence-electron chi connectivity index (χ1n) is 11.1. The lowest BCUT2D eigenvalue weighted by Gasteiger charge is -2.31. The number of nitrogens with one attached hydrogen (secondary N) is 1. The van der Waals surface area contributed by atoms with Crippen molar-refractivity contribution >= 4 is 22.8 Å². The van der Waals surface area contributed by atoms with E-state index in [4.69, 9.17) is 0 Å². The van der Waals surface area contributed by atoms with Gasteiger partial charge in [0.2, 0.25) is 5.91 Å². The summed E-state index contributed by atoms with van der Waals surface area (Å²) in [5, 5.41) is 3.01. The molecule has 0 saturated carbocycles. The van der Waals surface area contributed by atoms with Crippen molar-refractivity contribution in [3.8, 4) is 0 Å². The fourth-order valence-electron chi connectivity index (χ4n) is 4.28. The second-order valence-corrected chi connectivity index (χ2v) is 8.22. The van der Waals surface area contributed by atoms with Crippen molar-refractivity contribution in [3.05, 3.63) is 75.7 Å². The number of rotatable bonds is 5. The normalized spacial score (nSPS) is 14.5. The minimum atomic E-state index is -0.105. The molecule has 1 aliphatic rings. The fraction of sp³-hybridized carbons (Fsp3) is 0.360. The second-order valence-electron chi connectivity index (χ2n) is 8.22. The molecule has 7 nitrogen and oxygen atoms in total. The Kier molecular flexibility index (Phi) is 6.35.